The van der Waals surface area contributed by atoms with Crippen LogP contribution in [0.3, 0.4) is 0 Å². The predicted octanol–water partition coefficient (Wildman–Crippen LogP) is 2.25. The number of hydrogen-bond donors (Lipinski definition) is 2. The van der Waals surface area contributed by atoms with Crippen molar-refractivity contribution in [3.05, 3.63) is 34.6 Å². The van der Waals surface area contributed by atoms with Crippen molar-refractivity contribution in [3.8, 4) is 0 Å². The fourth-order valence-corrected chi connectivity index (χ4v) is 2.69. The average Bonchev–Trinajstić information content (AvgIpc) is 2.49. The maximum absolute atomic E-state index is 10.9. The van der Waals surface area contributed by atoms with Gasteiger partial charge in [-0.05, 0) is 31.7 Å². The van der Waals surface area contributed by atoms with E-state index in [9.17, 15) is 15.2 Å². The van der Waals surface area contributed by atoms with Crippen molar-refractivity contribution in [3.63, 3.8) is 0 Å². The van der Waals surface area contributed by atoms with Gasteiger partial charge in [-0.25, -0.2) is 9.97 Å². The molecule has 0 saturated heterocycles. The van der Waals surface area contributed by atoms with Crippen LogP contribution in [-0.2, 0) is 0 Å². The van der Waals surface area contributed by atoms with Gasteiger partial charge in [0, 0.05) is 23.6 Å². The molecule has 7 heteroatoms. The van der Waals surface area contributed by atoms with Crippen LogP contribution in [0.15, 0.2) is 24.5 Å². The highest BCUT2D eigenvalue weighted by atomic mass is 16.6. The first kappa shape index (κ1) is 13.7. The van der Waals surface area contributed by atoms with Gasteiger partial charge >= 0.3 is 0 Å². The number of fused-ring (bicyclic) bond motifs is 1. The molecular weight excluding hydrogens is 272 g/mol. The zero-order valence-corrected chi connectivity index (χ0v) is 11.4. The van der Waals surface area contributed by atoms with Crippen LogP contribution in [0.4, 0.5) is 11.5 Å². The van der Waals surface area contributed by atoms with Gasteiger partial charge in [-0.1, -0.05) is 0 Å². The predicted molar refractivity (Wildman–Crippen MR) is 78.1 cm³/mol. The summed E-state index contributed by atoms with van der Waals surface area (Å²) in [5, 5.41) is 24.4. The molecule has 1 aliphatic carbocycles. The van der Waals surface area contributed by atoms with Crippen LogP contribution in [0.2, 0.25) is 0 Å². The highest BCUT2D eigenvalue weighted by Crippen LogP contribution is 2.27. The van der Waals surface area contributed by atoms with Crippen molar-refractivity contribution >= 4 is 22.4 Å². The maximum atomic E-state index is 10.9. The highest BCUT2D eigenvalue weighted by Gasteiger charge is 2.20. The quantitative estimate of drug-likeness (QED) is 0.663. The minimum Gasteiger partial charge on any atom is -0.393 e. The molecule has 21 heavy (non-hydrogen) atoms. The standard InChI is InChI=1S/C14H16N4O3/c19-11-4-1-9(2-5-11)17-14-12-7-10(18(20)21)3-6-13(12)15-8-16-14/h3,6-9,11,19H,1-2,4-5H2,(H,15,16,17). The largest absolute Gasteiger partial charge is 0.393 e. The average molecular weight is 288 g/mol. The number of nitro benzene ring substituents is 1. The third-order valence-electron chi connectivity index (χ3n) is 3.87. The normalized spacial score (nSPS) is 22.1. The molecule has 1 saturated carbocycles. The van der Waals surface area contributed by atoms with E-state index in [1.807, 2.05) is 0 Å². The molecule has 0 amide bonds. The second kappa shape index (κ2) is 5.61. The molecule has 0 spiro atoms. The lowest BCUT2D eigenvalue weighted by atomic mass is 9.93. The fourth-order valence-electron chi connectivity index (χ4n) is 2.69. The molecular formula is C14H16N4O3. The summed E-state index contributed by atoms with van der Waals surface area (Å²) in [6.45, 7) is 0. The Balaban J connectivity index is 1.90. The summed E-state index contributed by atoms with van der Waals surface area (Å²) in [6.07, 6.45) is 4.49. The van der Waals surface area contributed by atoms with Crippen LogP contribution in [-0.4, -0.2) is 32.1 Å². The monoisotopic (exact) mass is 288 g/mol. The summed E-state index contributed by atoms with van der Waals surface area (Å²) in [5.41, 5.74) is 0.702. The molecule has 1 fully saturated rings. The van der Waals surface area contributed by atoms with Crippen LogP contribution in [0.1, 0.15) is 25.7 Å². The molecule has 0 radical (unpaired) electrons. The molecule has 3 rings (SSSR count). The molecule has 110 valence electrons. The lowest BCUT2D eigenvalue weighted by molar-refractivity contribution is -0.384. The summed E-state index contributed by atoms with van der Waals surface area (Å²) < 4.78 is 0. The zero-order chi connectivity index (χ0) is 14.8. The first-order valence-corrected chi connectivity index (χ1v) is 6.97. The summed E-state index contributed by atoms with van der Waals surface area (Å²) in [4.78, 5) is 18.8. The third-order valence-corrected chi connectivity index (χ3v) is 3.87. The van der Waals surface area contributed by atoms with Gasteiger partial charge in [0.15, 0.2) is 0 Å². The maximum Gasteiger partial charge on any atom is 0.270 e. The molecule has 2 N–H and O–H groups in total. The van der Waals surface area contributed by atoms with Crippen LogP contribution in [0.25, 0.3) is 10.9 Å². The van der Waals surface area contributed by atoms with E-state index in [1.54, 1.807) is 6.07 Å². The van der Waals surface area contributed by atoms with E-state index < -0.39 is 4.92 Å². The Morgan fingerprint density at radius 1 is 1.24 bits per heavy atom. The van der Waals surface area contributed by atoms with E-state index in [-0.39, 0.29) is 17.8 Å². The molecule has 0 bridgehead atoms. The van der Waals surface area contributed by atoms with Crippen molar-refractivity contribution in [2.24, 2.45) is 0 Å². The highest BCUT2D eigenvalue weighted by molar-refractivity contribution is 5.90. The van der Waals surface area contributed by atoms with Crippen LogP contribution in [0.5, 0.6) is 0 Å². The summed E-state index contributed by atoms with van der Waals surface area (Å²) in [6, 6.07) is 4.79. The lowest BCUT2D eigenvalue weighted by Gasteiger charge is -2.26. The van der Waals surface area contributed by atoms with E-state index in [0.717, 1.165) is 25.7 Å². The van der Waals surface area contributed by atoms with Gasteiger partial charge in [0.05, 0.1) is 16.5 Å². The Bertz CT molecular complexity index is 668. The van der Waals surface area contributed by atoms with E-state index >= 15 is 0 Å². The number of rotatable bonds is 3. The number of nitrogens with one attached hydrogen (secondary N) is 1. The van der Waals surface area contributed by atoms with Gasteiger partial charge in [-0.3, -0.25) is 10.1 Å². The summed E-state index contributed by atoms with van der Waals surface area (Å²) >= 11 is 0. The van der Waals surface area contributed by atoms with Crippen molar-refractivity contribution in [1.29, 1.82) is 0 Å². The number of nitrogens with zero attached hydrogens (tertiary/aromatic N) is 3. The number of aliphatic hydroxyl groups is 1. The second-order valence-electron chi connectivity index (χ2n) is 5.33. The Kier molecular flexibility index (Phi) is 3.66. The molecule has 1 heterocycles. The minimum atomic E-state index is -0.423. The van der Waals surface area contributed by atoms with Crippen molar-refractivity contribution in [1.82, 2.24) is 9.97 Å². The molecule has 1 aromatic heterocycles. The second-order valence-corrected chi connectivity index (χ2v) is 5.33. The van der Waals surface area contributed by atoms with Crippen LogP contribution in [0, 0.1) is 10.1 Å². The van der Waals surface area contributed by atoms with Gasteiger partial charge in [0.2, 0.25) is 0 Å². The van der Waals surface area contributed by atoms with Gasteiger partial charge in [-0.15, -0.1) is 0 Å². The van der Waals surface area contributed by atoms with Gasteiger partial charge < -0.3 is 10.4 Å². The van der Waals surface area contributed by atoms with Crippen molar-refractivity contribution < 1.29 is 10.0 Å². The number of nitro groups is 1. The summed E-state index contributed by atoms with van der Waals surface area (Å²) in [7, 11) is 0. The Morgan fingerprint density at radius 2 is 2.00 bits per heavy atom. The number of non-ortho nitro benzene ring substituents is 1. The molecule has 1 aliphatic rings. The van der Waals surface area contributed by atoms with E-state index in [1.165, 1.54) is 18.5 Å². The summed E-state index contributed by atoms with van der Waals surface area (Å²) in [5.74, 6) is 0.616. The van der Waals surface area contributed by atoms with Crippen LogP contribution < -0.4 is 5.32 Å². The lowest BCUT2D eigenvalue weighted by Crippen LogP contribution is -2.28. The topological polar surface area (TPSA) is 101 Å². The number of benzene rings is 1. The van der Waals surface area contributed by atoms with Crippen LogP contribution >= 0.6 is 0 Å². The van der Waals surface area contributed by atoms with Gasteiger partial charge in [0.1, 0.15) is 12.1 Å². The van der Waals surface area contributed by atoms with Gasteiger partial charge in [-0.2, -0.15) is 0 Å². The Morgan fingerprint density at radius 3 is 2.71 bits per heavy atom. The van der Waals surface area contributed by atoms with Gasteiger partial charge in [0.25, 0.3) is 5.69 Å². The Labute approximate surface area is 121 Å². The first-order chi connectivity index (χ1) is 10.1. The smallest absolute Gasteiger partial charge is 0.270 e. The third kappa shape index (κ3) is 2.92. The zero-order valence-electron chi connectivity index (χ0n) is 11.4. The minimum absolute atomic E-state index is 0.0272. The SMILES string of the molecule is O=[N+]([O-])c1ccc2ncnc(NC3CCC(O)CC3)c2c1. The van der Waals surface area contributed by atoms with Crippen molar-refractivity contribution in [2.75, 3.05) is 5.32 Å². The first-order valence-electron chi connectivity index (χ1n) is 6.97. The fraction of sp³-hybridized carbons (Fsp3) is 0.429. The molecule has 7 nitrogen and oxygen atoms in total. The molecule has 0 aliphatic heterocycles. The van der Waals surface area contributed by atoms with E-state index in [2.05, 4.69) is 15.3 Å². The molecule has 1 aromatic carbocycles. The number of aromatic nitrogens is 2. The number of anilines is 1. The van der Waals surface area contributed by atoms with Crippen molar-refractivity contribution in [2.45, 2.75) is 37.8 Å². The number of hydrogen-bond acceptors (Lipinski definition) is 6. The Hall–Kier alpha value is -2.28. The number of aliphatic hydroxyl groups excluding tert-OH is 1. The molecule has 2 aromatic rings. The molecule has 0 atom stereocenters. The van der Waals surface area contributed by atoms with E-state index in [4.69, 9.17) is 0 Å². The van der Waals surface area contributed by atoms with E-state index in [0.29, 0.717) is 16.7 Å². The molecule has 0 unspecified atom stereocenters.